The molecule has 1 saturated heterocycles. The average molecular weight is 482 g/mol. The molecule has 1 atom stereocenters. The number of fused-ring (bicyclic) bond motifs is 1. The van der Waals surface area contributed by atoms with Crippen molar-refractivity contribution in [2.45, 2.75) is 37.9 Å². The van der Waals surface area contributed by atoms with Crippen molar-refractivity contribution in [3.8, 4) is 0 Å². The molecular formula is C21H27N3O6S2. The maximum Gasteiger partial charge on any atom is 0.374 e. The lowest BCUT2D eigenvalue weighted by Crippen LogP contribution is -2.55. The molecule has 0 aliphatic carbocycles. The number of carbonyl (C=O) groups is 2. The van der Waals surface area contributed by atoms with Gasteiger partial charge in [-0.05, 0) is 49.4 Å². The van der Waals surface area contributed by atoms with Gasteiger partial charge >= 0.3 is 5.97 Å². The molecule has 32 heavy (non-hydrogen) atoms. The third kappa shape index (κ3) is 4.47. The fraction of sp³-hybridized carbons (Fsp3) is 0.524. The van der Waals surface area contributed by atoms with Crippen molar-refractivity contribution in [3.05, 3.63) is 39.8 Å². The summed E-state index contributed by atoms with van der Waals surface area (Å²) in [5.74, 6) is -0.764. The Morgan fingerprint density at radius 3 is 2.62 bits per heavy atom. The minimum atomic E-state index is -3.87. The largest absolute Gasteiger partial charge is 0.460 e. The molecule has 4 heterocycles. The Morgan fingerprint density at radius 2 is 1.91 bits per heavy atom. The van der Waals surface area contributed by atoms with Crippen LogP contribution in [0, 0.1) is 0 Å². The smallest absolute Gasteiger partial charge is 0.374 e. The lowest BCUT2D eigenvalue weighted by atomic mass is 10.1. The number of ether oxygens (including phenoxy) is 1. The number of thiophene rings is 1. The maximum atomic E-state index is 13.0. The lowest BCUT2D eigenvalue weighted by molar-refractivity contribution is -0.137. The van der Waals surface area contributed by atoms with Gasteiger partial charge in [0.2, 0.25) is 16.8 Å². The SMILES string of the molecule is CCOC(=O)c1ccc(S(=O)(=O)N2CCN(C(C)C(=O)N3CCc4sccc4C3)CC2)o1. The predicted molar refractivity (Wildman–Crippen MR) is 118 cm³/mol. The van der Waals surface area contributed by atoms with E-state index in [1.54, 1.807) is 18.3 Å². The number of nitrogens with zero attached hydrogens (tertiary/aromatic N) is 3. The molecule has 0 aromatic carbocycles. The number of amides is 1. The van der Waals surface area contributed by atoms with Crippen LogP contribution in [0.25, 0.3) is 0 Å². The molecule has 9 nitrogen and oxygen atoms in total. The zero-order chi connectivity index (χ0) is 22.9. The molecule has 0 radical (unpaired) electrons. The van der Waals surface area contributed by atoms with Gasteiger partial charge < -0.3 is 14.1 Å². The van der Waals surface area contributed by atoms with E-state index in [1.807, 2.05) is 16.7 Å². The minimum absolute atomic E-state index is 0.0725. The molecule has 1 fully saturated rings. The van der Waals surface area contributed by atoms with Crippen molar-refractivity contribution in [2.75, 3.05) is 39.3 Å². The van der Waals surface area contributed by atoms with Crippen molar-refractivity contribution >= 4 is 33.2 Å². The molecule has 2 aromatic heterocycles. The third-order valence-corrected chi connectivity index (χ3v) is 8.75. The highest BCUT2D eigenvalue weighted by molar-refractivity contribution is 7.89. The topological polar surface area (TPSA) is 100 Å². The number of piperazine rings is 1. The van der Waals surface area contributed by atoms with E-state index in [4.69, 9.17) is 9.15 Å². The van der Waals surface area contributed by atoms with Crippen molar-refractivity contribution in [2.24, 2.45) is 0 Å². The first-order chi connectivity index (χ1) is 15.3. The van der Waals surface area contributed by atoms with Crippen LogP contribution in [-0.2, 0) is 32.5 Å². The van der Waals surface area contributed by atoms with Crippen LogP contribution < -0.4 is 0 Å². The fourth-order valence-electron chi connectivity index (χ4n) is 4.09. The van der Waals surface area contributed by atoms with E-state index in [1.165, 1.54) is 26.9 Å². The fourth-order valence-corrected chi connectivity index (χ4v) is 6.31. The van der Waals surface area contributed by atoms with Gasteiger partial charge in [0.1, 0.15) is 0 Å². The Bertz CT molecular complexity index is 1080. The summed E-state index contributed by atoms with van der Waals surface area (Å²) in [4.78, 5) is 30.1. The van der Waals surface area contributed by atoms with Crippen molar-refractivity contribution in [1.82, 2.24) is 14.1 Å². The van der Waals surface area contributed by atoms with Crippen molar-refractivity contribution < 1.29 is 27.2 Å². The number of hydrogen-bond acceptors (Lipinski definition) is 8. The van der Waals surface area contributed by atoms with Crippen LogP contribution in [0.15, 0.2) is 33.1 Å². The summed E-state index contributed by atoms with van der Waals surface area (Å²) >= 11 is 1.74. The quantitative estimate of drug-likeness (QED) is 0.580. The van der Waals surface area contributed by atoms with E-state index in [-0.39, 0.29) is 42.5 Å². The molecule has 1 unspecified atom stereocenters. The summed E-state index contributed by atoms with van der Waals surface area (Å²) in [5.41, 5.74) is 1.22. The number of hydrogen-bond donors (Lipinski definition) is 0. The van der Waals surface area contributed by atoms with Crippen LogP contribution in [0.5, 0.6) is 0 Å². The molecule has 2 aliphatic heterocycles. The summed E-state index contributed by atoms with van der Waals surface area (Å²) in [6.07, 6.45) is 0.883. The summed E-state index contributed by atoms with van der Waals surface area (Å²) in [5, 5.41) is 1.79. The van der Waals surface area contributed by atoms with E-state index < -0.39 is 16.0 Å². The average Bonchev–Trinajstić information content (AvgIpc) is 3.48. The van der Waals surface area contributed by atoms with Crippen molar-refractivity contribution in [1.29, 1.82) is 0 Å². The summed E-state index contributed by atoms with van der Waals surface area (Å²) in [7, 11) is -3.87. The van der Waals surface area contributed by atoms with Gasteiger partial charge in [-0.25, -0.2) is 13.2 Å². The molecular weight excluding hydrogens is 454 g/mol. The molecule has 0 N–H and O–H groups in total. The molecule has 0 spiro atoms. The lowest BCUT2D eigenvalue weighted by Gasteiger charge is -2.38. The van der Waals surface area contributed by atoms with Gasteiger partial charge in [0, 0.05) is 44.1 Å². The first-order valence-electron chi connectivity index (χ1n) is 10.7. The van der Waals surface area contributed by atoms with Gasteiger partial charge in [0.25, 0.3) is 10.0 Å². The number of furan rings is 1. The normalized spacial score (nSPS) is 18.9. The van der Waals surface area contributed by atoms with Crippen LogP contribution in [0.1, 0.15) is 34.8 Å². The molecule has 2 aliphatic rings. The summed E-state index contributed by atoms with van der Waals surface area (Å²) in [6, 6.07) is 4.34. The van der Waals surface area contributed by atoms with Crippen LogP contribution in [0.2, 0.25) is 0 Å². The van der Waals surface area contributed by atoms with Gasteiger partial charge in [0.15, 0.2) is 0 Å². The van der Waals surface area contributed by atoms with E-state index in [0.717, 1.165) is 6.42 Å². The van der Waals surface area contributed by atoms with E-state index in [2.05, 4.69) is 11.4 Å². The highest BCUT2D eigenvalue weighted by atomic mass is 32.2. The van der Waals surface area contributed by atoms with Gasteiger partial charge in [-0.2, -0.15) is 4.31 Å². The molecule has 174 valence electrons. The number of sulfonamides is 1. The predicted octanol–water partition coefficient (Wildman–Crippen LogP) is 1.80. The standard InChI is InChI=1S/C21H27N3O6S2/c1-3-29-21(26)17-4-5-19(30-17)32(27,28)24-11-9-22(10-12-24)15(2)20(25)23-8-6-18-16(14-23)7-13-31-18/h4-5,7,13,15H,3,6,8-12,14H2,1-2H3. The van der Waals surface area contributed by atoms with E-state index >= 15 is 0 Å². The van der Waals surface area contributed by atoms with Crippen molar-refractivity contribution in [3.63, 3.8) is 0 Å². The maximum absolute atomic E-state index is 13.0. The zero-order valence-corrected chi connectivity index (χ0v) is 19.8. The Morgan fingerprint density at radius 1 is 1.16 bits per heavy atom. The summed E-state index contributed by atoms with van der Waals surface area (Å²) < 4.78 is 37.3. The second-order valence-corrected chi connectivity index (χ2v) is 10.7. The Balaban J connectivity index is 1.35. The molecule has 0 saturated carbocycles. The Hall–Kier alpha value is -2.21. The molecule has 4 rings (SSSR count). The summed E-state index contributed by atoms with van der Waals surface area (Å²) in [6.45, 7) is 6.43. The second-order valence-electron chi connectivity index (χ2n) is 7.83. The Labute approximate surface area is 191 Å². The van der Waals surface area contributed by atoms with Crippen LogP contribution in [-0.4, -0.2) is 79.8 Å². The second kappa shape index (κ2) is 9.34. The van der Waals surface area contributed by atoms with E-state index in [9.17, 15) is 18.0 Å². The first-order valence-corrected chi connectivity index (χ1v) is 13.0. The van der Waals surface area contributed by atoms with Gasteiger partial charge in [-0.3, -0.25) is 9.69 Å². The zero-order valence-electron chi connectivity index (χ0n) is 18.2. The molecule has 2 aromatic rings. The highest BCUT2D eigenvalue weighted by Crippen LogP contribution is 2.26. The Kier molecular flexibility index (Phi) is 6.70. The van der Waals surface area contributed by atoms with Crippen LogP contribution in [0.4, 0.5) is 0 Å². The molecule has 1 amide bonds. The molecule has 11 heteroatoms. The van der Waals surface area contributed by atoms with Crippen LogP contribution >= 0.6 is 11.3 Å². The van der Waals surface area contributed by atoms with Gasteiger partial charge in [0.05, 0.1) is 12.6 Å². The number of carbonyl (C=O) groups excluding carboxylic acids is 2. The minimum Gasteiger partial charge on any atom is -0.460 e. The monoisotopic (exact) mass is 481 g/mol. The molecule has 0 bridgehead atoms. The van der Waals surface area contributed by atoms with Crippen LogP contribution in [0.3, 0.4) is 0 Å². The highest BCUT2D eigenvalue weighted by Gasteiger charge is 2.35. The van der Waals surface area contributed by atoms with Gasteiger partial charge in [-0.1, -0.05) is 0 Å². The first kappa shape index (κ1) is 23.0. The number of rotatable bonds is 6. The van der Waals surface area contributed by atoms with E-state index in [0.29, 0.717) is 26.2 Å². The number of esters is 1. The van der Waals surface area contributed by atoms with Gasteiger partial charge in [-0.15, -0.1) is 11.3 Å². The third-order valence-electron chi connectivity index (χ3n) is 5.95.